The lowest BCUT2D eigenvalue weighted by Crippen LogP contribution is -2.32. The molecule has 0 fully saturated rings. The van der Waals surface area contributed by atoms with Crippen LogP contribution >= 0.6 is 15.9 Å². The van der Waals surface area contributed by atoms with Gasteiger partial charge in [0.2, 0.25) is 0 Å². The molecular formula is C11H14BrN3. The molecule has 0 aliphatic heterocycles. The van der Waals surface area contributed by atoms with Crippen LogP contribution in [0, 0.1) is 11.3 Å². The van der Waals surface area contributed by atoms with Crippen molar-refractivity contribution in [1.82, 2.24) is 4.98 Å². The van der Waals surface area contributed by atoms with E-state index in [0.717, 1.165) is 17.0 Å². The van der Waals surface area contributed by atoms with Crippen molar-refractivity contribution in [2.75, 3.05) is 11.4 Å². The summed E-state index contributed by atoms with van der Waals surface area (Å²) in [5.74, 6) is 0.912. The SMILES string of the molecule is CC(C)N(CCC#N)c1cccc(Br)n1. The van der Waals surface area contributed by atoms with Crippen LogP contribution in [-0.4, -0.2) is 17.6 Å². The van der Waals surface area contributed by atoms with Gasteiger partial charge in [0, 0.05) is 12.6 Å². The summed E-state index contributed by atoms with van der Waals surface area (Å²) in [6, 6.07) is 8.31. The third-order valence-electron chi connectivity index (χ3n) is 2.08. The van der Waals surface area contributed by atoms with Gasteiger partial charge in [-0.15, -0.1) is 0 Å². The number of halogens is 1. The van der Waals surface area contributed by atoms with E-state index in [4.69, 9.17) is 5.26 Å². The zero-order valence-electron chi connectivity index (χ0n) is 8.94. The molecule has 4 heteroatoms. The highest BCUT2D eigenvalue weighted by molar-refractivity contribution is 9.10. The molecule has 1 aromatic heterocycles. The molecule has 0 saturated carbocycles. The van der Waals surface area contributed by atoms with Gasteiger partial charge in [-0.25, -0.2) is 4.98 Å². The summed E-state index contributed by atoms with van der Waals surface area (Å²) in [5, 5.41) is 8.59. The van der Waals surface area contributed by atoms with Gasteiger partial charge in [-0.3, -0.25) is 0 Å². The Balaban J connectivity index is 2.84. The molecule has 0 radical (unpaired) electrons. The summed E-state index contributed by atoms with van der Waals surface area (Å²) in [6.45, 7) is 4.91. The van der Waals surface area contributed by atoms with E-state index in [9.17, 15) is 0 Å². The number of aromatic nitrogens is 1. The molecule has 0 unspecified atom stereocenters. The first-order valence-corrected chi connectivity index (χ1v) is 5.70. The first-order chi connectivity index (χ1) is 7.15. The van der Waals surface area contributed by atoms with E-state index in [2.05, 4.69) is 45.7 Å². The molecule has 0 aliphatic rings. The Morgan fingerprint density at radius 2 is 2.27 bits per heavy atom. The van der Waals surface area contributed by atoms with Crippen molar-refractivity contribution < 1.29 is 0 Å². The number of rotatable bonds is 4. The fourth-order valence-electron chi connectivity index (χ4n) is 1.37. The minimum absolute atomic E-state index is 0.347. The van der Waals surface area contributed by atoms with Gasteiger partial charge in [-0.2, -0.15) is 5.26 Å². The quantitative estimate of drug-likeness (QED) is 0.788. The molecule has 0 spiro atoms. The van der Waals surface area contributed by atoms with Gasteiger partial charge in [0.05, 0.1) is 12.5 Å². The number of nitriles is 1. The third kappa shape index (κ3) is 3.52. The topological polar surface area (TPSA) is 39.9 Å². The van der Waals surface area contributed by atoms with Gasteiger partial charge in [-0.1, -0.05) is 6.07 Å². The van der Waals surface area contributed by atoms with Crippen LogP contribution in [0.2, 0.25) is 0 Å². The monoisotopic (exact) mass is 267 g/mol. The Morgan fingerprint density at radius 1 is 1.53 bits per heavy atom. The normalized spacial score (nSPS) is 10.1. The fraction of sp³-hybridized carbons (Fsp3) is 0.455. The Morgan fingerprint density at radius 3 is 2.80 bits per heavy atom. The second kappa shape index (κ2) is 5.72. The molecular weight excluding hydrogens is 254 g/mol. The summed E-state index contributed by atoms with van der Waals surface area (Å²) in [4.78, 5) is 6.50. The van der Waals surface area contributed by atoms with Gasteiger partial charge in [-0.05, 0) is 41.9 Å². The minimum Gasteiger partial charge on any atom is -0.353 e. The number of hydrogen-bond acceptors (Lipinski definition) is 3. The first-order valence-electron chi connectivity index (χ1n) is 4.91. The van der Waals surface area contributed by atoms with E-state index in [1.54, 1.807) is 0 Å². The molecule has 1 aromatic rings. The zero-order valence-corrected chi connectivity index (χ0v) is 10.5. The van der Waals surface area contributed by atoms with E-state index in [0.29, 0.717) is 12.5 Å². The highest BCUT2D eigenvalue weighted by atomic mass is 79.9. The van der Waals surface area contributed by atoms with E-state index < -0.39 is 0 Å². The Kier molecular flexibility index (Phi) is 4.57. The molecule has 0 N–H and O–H groups in total. The summed E-state index contributed by atoms with van der Waals surface area (Å²) >= 11 is 3.34. The molecule has 0 atom stereocenters. The molecule has 1 rings (SSSR count). The van der Waals surface area contributed by atoms with Crippen molar-refractivity contribution in [3.8, 4) is 6.07 Å². The summed E-state index contributed by atoms with van der Waals surface area (Å²) in [6.07, 6.45) is 0.520. The predicted octanol–water partition coefficient (Wildman–Crippen LogP) is 2.97. The molecule has 80 valence electrons. The van der Waals surface area contributed by atoms with Crippen molar-refractivity contribution >= 4 is 21.7 Å². The molecule has 0 aromatic carbocycles. The van der Waals surface area contributed by atoms with Crippen LogP contribution in [0.25, 0.3) is 0 Å². The van der Waals surface area contributed by atoms with Gasteiger partial charge in [0.1, 0.15) is 10.4 Å². The van der Waals surface area contributed by atoms with Crippen LogP contribution < -0.4 is 4.90 Å². The number of anilines is 1. The van der Waals surface area contributed by atoms with Gasteiger partial charge >= 0.3 is 0 Å². The summed E-state index contributed by atoms with van der Waals surface area (Å²) in [7, 11) is 0. The molecule has 3 nitrogen and oxygen atoms in total. The first kappa shape index (κ1) is 12.0. The van der Waals surface area contributed by atoms with Gasteiger partial charge in [0.25, 0.3) is 0 Å². The van der Waals surface area contributed by atoms with E-state index in [1.165, 1.54) is 0 Å². The van der Waals surface area contributed by atoms with Crippen molar-refractivity contribution in [2.24, 2.45) is 0 Å². The maximum Gasteiger partial charge on any atom is 0.130 e. The second-order valence-electron chi connectivity index (χ2n) is 3.51. The van der Waals surface area contributed by atoms with E-state index >= 15 is 0 Å². The molecule has 0 bridgehead atoms. The fourth-order valence-corrected chi connectivity index (χ4v) is 1.70. The lowest BCUT2D eigenvalue weighted by Gasteiger charge is -2.26. The van der Waals surface area contributed by atoms with Crippen LogP contribution in [0.1, 0.15) is 20.3 Å². The molecule has 0 aliphatic carbocycles. The van der Waals surface area contributed by atoms with E-state index in [-0.39, 0.29) is 0 Å². The van der Waals surface area contributed by atoms with E-state index in [1.807, 2.05) is 18.2 Å². The van der Waals surface area contributed by atoms with Gasteiger partial charge in [0.15, 0.2) is 0 Å². The highest BCUT2D eigenvalue weighted by Gasteiger charge is 2.11. The average Bonchev–Trinajstić information content (AvgIpc) is 2.18. The number of hydrogen-bond donors (Lipinski definition) is 0. The maximum absolute atomic E-state index is 8.59. The van der Waals surface area contributed by atoms with Crippen LogP contribution in [-0.2, 0) is 0 Å². The Bertz CT molecular complexity index is 357. The molecule has 15 heavy (non-hydrogen) atoms. The zero-order chi connectivity index (χ0) is 11.3. The average molecular weight is 268 g/mol. The predicted molar refractivity (Wildman–Crippen MR) is 64.6 cm³/mol. The van der Waals surface area contributed by atoms with Crippen molar-refractivity contribution in [3.05, 3.63) is 22.8 Å². The van der Waals surface area contributed by atoms with Crippen LogP contribution in [0.3, 0.4) is 0 Å². The molecule has 0 saturated heterocycles. The third-order valence-corrected chi connectivity index (χ3v) is 2.52. The van der Waals surface area contributed by atoms with Crippen molar-refractivity contribution in [3.63, 3.8) is 0 Å². The Hall–Kier alpha value is -1.08. The van der Waals surface area contributed by atoms with Crippen LogP contribution in [0.4, 0.5) is 5.82 Å². The number of nitrogens with zero attached hydrogens (tertiary/aromatic N) is 3. The minimum atomic E-state index is 0.347. The second-order valence-corrected chi connectivity index (χ2v) is 4.33. The summed E-state index contributed by atoms with van der Waals surface area (Å²) in [5.41, 5.74) is 0. The maximum atomic E-state index is 8.59. The Labute approximate surface area is 98.9 Å². The smallest absolute Gasteiger partial charge is 0.130 e. The lowest BCUT2D eigenvalue weighted by atomic mass is 10.3. The van der Waals surface area contributed by atoms with Crippen molar-refractivity contribution in [1.29, 1.82) is 5.26 Å². The highest BCUT2D eigenvalue weighted by Crippen LogP contribution is 2.17. The standard InChI is InChI=1S/C11H14BrN3/c1-9(2)15(8-4-7-13)11-6-3-5-10(12)14-11/h3,5-6,9H,4,8H2,1-2H3. The summed E-state index contributed by atoms with van der Waals surface area (Å²) < 4.78 is 0.822. The molecule has 1 heterocycles. The van der Waals surface area contributed by atoms with Gasteiger partial charge < -0.3 is 4.90 Å². The van der Waals surface area contributed by atoms with Crippen LogP contribution in [0.5, 0.6) is 0 Å². The lowest BCUT2D eigenvalue weighted by molar-refractivity contribution is 0.676. The van der Waals surface area contributed by atoms with Crippen molar-refractivity contribution in [2.45, 2.75) is 26.3 Å². The largest absolute Gasteiger partial charge is 0.353 e. The molecule has 0 amide bonds. The number of pyridine rings is 1. The van der Waals surface area contributed by atoms with Crippen LogP contribution in [0.15, 0.2) is 22.8 Å².